The van der Waals surface area contributed by atoms with Gasteiger partial charge in [-0.2, -0.15) is 0 Å². The smallest absolute Gasteiger partial charge is 0.261 e. The van der Waals surface area contributed by atoms with Gasteiger partial charge in [-0.25, -0.2) is 8.42 Å². The van der Waals surface area contributed by atoms with E-state index in [-0.39, 0.29) is 16.1 Å². The Morgan fingerprint density at radius 1 is 0.889 bits per heavy atom. The maximum atomic E-state index is 12.6. The lowest BCUT2D eigenvalue weighted by atomic mass is 10.1. The van der Waals surface area contributed by atoms with Crippen LogP contribution in [0.2, 0.25) is 0 Å². The van der Waals surface area contributed by atoms with E-state index in [4.69, 9.17) is 0 Å². The molecule has 0 bridgehead atoms. The molecule has 0 fully saturated rings. The molecule has 3 aromatic rings. The van der Waals surface area contributed by atoms with E-state index >= 15 is 0 Å². The van der Waals surface area contributed by atoms with Crippen LogP contribution in [0.3, 0.4) is 0 Å². The van der Waals surface area contributed by atoms with Gasteiger partial charge in [0.1, 0.15) is 0 Å². The lowest BCUT2D eigenvalue weighted by Crippen LogP contribution is -2.18. The predicted octanol–water partition coefficient (Wildman–Crippen LogP) is 4.65. The van der Waals surface area contributed by atoms with Crippen molar-refractivity contribution in [2.75, 3.05) is 10.0 Å². The fourth-order valence-electron chi connectivity index (χ4n) is 2.42. The van der Waals surface area contributed by atoms with Crippen molar-refractivity contribution < 1.29 is 13.2 Å². The fraction of sp³-hybridized carbons (Fsp3) is 0.0500. The van der Waals surface area contributed by atoms with Crippen molar-refractivity contribution in [2.45, 2.75) is 11.8 Å². The first-order valence-electron chi connectivity index (χ1n) is 8.10. The number of para-hydroxylation sites is 1. The second-order valence-corrected chi connectivity index (χ2v) is 8.85. The zero-order valence-electron chi connectivity index (χ0n) is 14.4. The van der Waals surface area contributed by atoms with Crippen LogP contribution in [0.1, 0.15) is 15.9 Å². The molecular formula is C20H17IN2O3S. The van der Waals surface area contributed by atoms with Crippen LogP contribution in [0.4, 0.5) is 11.4 Å². The lowest BCUT2D eigenvalue weighted by molar-refractivity contribution is 0.102. The van der Waals surface area contributed by atoms with Crippen LogP contribution in [0.5, 0.6) is 0 Å². The molecule has 0 saturated carbocycles. The van der Waals surface area contributed by atoms with E-state index in [0.717, 1.165) is 9.13 Å². The number of aryl methyl sites for hydroxylation is 1. The van der Waals surface area contributed by atoms with Gasteiger partial charge in [0.25, 0.3) is 15.9 Å². The van der Waals surface area contributed by atoms with Crippen molar-refractivity contribution in [3.05, 3.63) is 87.5 Å². The summed E-state index contributed by atoms with van der Waals surface area (Å²) < 4.78 is 28.8. The van der Waals surface area contributed by atoms with Gasteiger partial charge in [0.2, 0.25) is 0 Å². The SMILES string of the molecule is Cc1ccc(S(=O)(=O)Nc2ccccc2C(=O)Nc2ccc(I)cc2)cc1. The molecule has 0 spiro atoms. The maximum Gasteiger partial charge on any atom is 0.261 e. The normalized spacial score (nSPS) is 11.0. The molecule has 27 heavy (non-hydrogen) atoms. The zero-order chi connectivity index (χ0) is 19.4. The number of amides is 1. The Hall–Kier alpha value is -2.39. The monoisotopic (exact) mass is 492 g/mol. The van der Waals surface area contributed by atoms with Gasteiger partial charge >= 0.3 is 0 Å². The number of nitrogens with one attached hydrogen (secondary N) is 2. The Morgan fingerprint density at radius 3 is 2.19 bits per heavy atom. The third-order valence-corrected chi connectivity index (χ3v) is 5.95. The topological polar surface area (TPSA) is 75.3 Å². The van der Waals surface area contributed by atoms with Crippen LogP contribution < -0.4 is 10.0 Å². The highest BCUT2D eigenvalue weighted by Crippen LogP contribution is 2.22. The van der Waals surface area contributed by atoms with E-state index in [1.807, 2.05) is 19.1 Å². The summed E-state index contributed by atoms with van der Waals surface area (Å²) in [6.45, 7) is 1.88. The van der Waals surface area contributed by atoms with E-state index in [1.54, 1.807) is 48.5 Å². The Morgan fingerprint density at radius 2 is 1.52 bits per heavy atom. The number of carbonyl (C=O) groups is 1. The van der Waals surface area contributed by atoms with Crippen molar-refractivity contribution >= 4 is 49.9 Å². The molecule has 0 aromatic heterocycles. The summed E-state index contributed by atoms with van der Waals surface area (Å²) in [5.74, 6) is -0.390. The van der Waals surface area contributed by atoms with Gasteiger partial charge in [-0.05, 0) is 78.0 Å². The lowest BCUT2D eigenvalue weighted by Gasteiger charge is -2.13. The zero-order valence-corrected chi connectivity index (χ0v) is 17.4. The number of benzene rings is 3. The standard InChI is InChI=1S/C20H17IN2O3S/c1-14-6-12-17(13-7-14)27(25,26)23-19-5-3-2-4-18(19)20(24)22-16-10-8-15(21)9-11-16/h2-13,23H,1H3,(H,22,24). The van der Waals surface area contributed by atoms with Gasteiger partial charge < -0.3 is 5.32 Å². The molecule has 2 N–H and O–H groups in total. The summed E-state index contributed by atoms with van der Waals surface area (Å²) >= 11 is 2.18. The van der Waals surface area contributed by atoms with Crippen LogP contribution >= 0.6 is 22.6 Å². The van der Waals surface area contributed by atoms with Crippen LogP contribution in [0, 0.1) is 10.5 Å². The molecule has 0 aliphatic carbocycles. The summed E-state index contributed by atoms with van der Waals surface area (Å²) in [5, 5.41) is 2.78. The van der Waals surface area contributed by atoms with Gasteiger partial charge in [-0.3, -0.25) is 9.52 Å². The molecule has 0 atom stereocenters. The molecule has 0 aliphatic heterocycles. The van der Waals surface area contributed by atoms with Gasteiger partial charge in [-0.15, -0.1) is 0 Å². The number of halogens is 1. The summed E-state index contributed by atoms with van der Waals surface area (Å²) in [4.78, 5) is 12.8. The molecule has 0 radical (unpaired) electrons. The van der Waals surface area contributed by atoms with Crippen molar-refractivity contribution in [3.63, 3.8) is 0 Å². The van der Waals surface area contributed by atoms with E-state index in [9.17, 15) is 13.2 Å². The van der Waals surface area contributed by atoms with Crippen LogP contribution in [0.15, 0.2) is 77.7 Å². The number of hydrogen-bond donors (Lipinski definition) is 2. The predicted molar refractivity (Wildman–Crippen MR) is 116 cm³/mol. The van der Waals surface area contributed by atoms with Crippen LogP contribution in [0.25, 0.3) is 0 Å². The highest BCUT2D eigenvalue weighted by atomic mass is 127. The Balaban J connectivity index is 1.86. The first kappa shape index (κ1) is 19.4. The summed E-state index contributed by atoms with van der Waals surface area (Å²) in [7, 11) is -3.80. The van der Waals surface area contributed by atoms with E-state index in [0.29, 0.717) is 5.69 Å². The van der Waals surface area contributed by atoms with Gasteiger partial charge in [-0.1, -0.05) is 29.8 Å². The molecule has 1 amide bonds. The Kier molecular flexibility index (Phi) is 5.81. The molecule has 3 aromatic carbocycles. The minimum absolute atomic E-state index is 0.140. The molecule has 138 valence electrons. The molecule has 0 heterocycles. The summed E-state index contributed by atoms with van der Waals surface area (Å²) in [6.07, 6.45) is 0. The average Bonchev–Trinajstić information content (AvgIpc) is 2.64. The van der Waals surface area contributed by atoms with Crippen molar-refractivity contribution in [1.29, 1.82) is 0 Å². The Bertz CT molecular complexity index is 1060. The summed E-state index contributed by atoms with van der Waals surface area (Å²) in [6, 6.07) is 20.4. The molecule has 0 aliphatic rings. The molecule has 7 heteroatoms. The van der Waals surface area contributed by atoms with Gasteiger partial charge in [0.05, 0.1) is 16.1 Å². The molecule has 5 nitrogen and oxygen atoms in total. The number of rotatable bonds is 5. The molecule has 0 saturated heterocycles. The van der Waals surface area contributed by atoms with E-state index < -0.39 is 15.9 Å². The van der Waals surface area contributed by atoms with Crippen LogP contribution in [-0.4, -0.2) is 14.3 Å². The number of carbonyl (C=O) groups excluding carboxylic acids is 1. The molecule has 0 unspecified atom stereocenters. The second kappa shape index (κ2) is 8.10. The van der Waals surface area contributed by atoms with Gasteiger partial charge in [0.15, 0.2) is 0 Å². The van der Waals surface area contributed by atoms with E-state index in [1.165, 1.54) is 12.1 Å². The minimum atomic E-state index is -3.80. The van der Waals surface area contributed by atoms with Crippen molar-refractivity contribution in [1.82, 2.24) is 0 Å². The largest absolute Gasteiger partial charge is 0.322 e. The highest BCUT2D eigenvalue weighted by Gasteiger charge is 2.18. The fourth-order valence-corrected chi connectivity index (χ4v) is 3.86. The maximum absolute atomic E-state index is 12.6. The molecular weight excluding hydrogens is 475 g/mol. The second-order valence-electron chi connectivity index (χ2n) is 5.93. The van der Waals surface area contributed by atoms with Crippen LogP contribution in [-0.2, 0) is 10.0 Å². The Labute approximate surface area is 172 Å². The first-order valence-corrected chi connectivity index (χ1v) is 10.7. The number of sulfonamides is 1. The quantitative estimate of drug-likeness (QED) is 0.510. The van der Waals surface area contributed by atoms with Crippen molar-refractivity contribution in [3.8, 4) is 0 Å². The highest BCUT2D eigenvalue weighted by molar-refractivity contribution is 14.1. The third-order valence-electron chi connectivity index (χ3n) is 3.85. The third kappa shape index (κ3) is 4.86. The average molecular weight is 492 g/mol. The van der Waals surface area contributed by atoms with Gasteiger partial charge in [0, 0.05) is 9.26 Å². The molecule has 3 rings (SSSR count). The summed E-state index contributed by atoms with van der Waals surface area (Å²) in [5.41, 5.74) is 2.07. The van der Waals surface area contributed by atoms with Crippen molar-refractivity contribution in [2.24, 2.45) is 0 Å². The number of hydrogen-bond acceptors (Lipinski definition) is 3. The minimum Gasteiger partial charge on any atom is -0.322 e. The number of anilines is 2. The van der Waals surface area contributed by atoms with E-state index in [2.05, 4.69) is 32.6 Å². The first-order chi connectivity index (χ1) is 12.8.